The maximum atomic E-state index is 10.9. The monoisotopic (exact) mass is 320 g/mol. The van der Waals surface area contributed by atoms with E-state index < -0.39 is 5.97 Å². The zero-order valence-electron chi connectivity index (χ0n) is 10.3. The molecule has 19 heavy (non-hydrogen) atoms. The van der Waals surface area contributed by atoms with Gasteiger partial charge in [0.05, 0.1) is 5.56 Å². The van der Waals surface area contributed by atoms with Crippen LogP contribution < -0.4 is 11.1 Å². The zero-order chi connectivity index (χ0) is 14.0. The lowest BCUT2D eigenvalue weighted by Gasteiger charge is -2.10. The van der Waals surface area contributed by atoms with Crippen LogP contribution in [0.5, 0.6) is 0 Å². The van der Waals surface area contributed by atoms with Crippen LogP contribution in [-0.4, -0.2) is 11.1 Å². The van der Waals surface area contributed by atoms with E-state index in [2.05, 4.69) is 21.2 Å². The number of carboxylic acid groups (broad SMARTS) is 1. The molecule has 0 aliphatic rings. The highest BCUT2D eigenvalue weighted by molar-refractivity contribution is 9.10. The Labute approximate surface area is 119 Å². The number of nitrogens with two attached hydrogens (primary N) is 1. The van der Waals surface area contributed by atoms with Crippen molar-refractivity contribution >= 4 is 39.0 Å². The van der Waals surface area contributed by atoms with Gasteiger partial charge in [-0.25, -0.2) is 4.79 Å². The van der Waals surface area contributed by atoms with E-state index in [9.17, 15) is 4.79 Å². The van der Waals surface area contributed by atoms with Crippen LogP contribution in [0.4, 0.5) is 17.1 Å². The molecule has 2 aromatic rings. The van der Waals surface area contributed by atoms with Crippen molar-refractivity contribution in [1.29, 1.82) is 0 Å². The van der Waals surface area contributed by atoms with E-state index in [0.29, 0.717) is 0 Å². The van der Waals surface area contributed by atoms with Crippen molar-refractivity contribution < 1.29 is 9.90 Å². The van der Waals surface area contributed by atoms with Crippen LogP contribution in [0.25, 0.3) is 0 Å². The fourth-order valence-corrected chi connectivity index (χ4v) is 1.97. The number of hydrogen-bond donors (Lipinski definition) is 3. The Balaban J connectivity index is 2.26. The van der Waals surface area contributed by atoms with Gasteiger partial charge in [-0.05, 0) is 48.9 Å². The highest BCUT2D eigenvalue weighted by Gasteiger charge is 2.08. The van der Waals surface area contributed by atoms with Gasteiger partial charge in [0.25, 0.3) is 0 Å². The minimum atomic E-state index is -1.02. The Morgan fingerprint density at radius 3 is 2.42 bits per heavy atom. The van der Waals surface area contributed by atoms with Gasteiger partial charge in [-0.3, -0.25) is 0 Å². The summed E-state index contributed by atoms with van der Waals surface area (Å²) in [5.41, 5.74) is 8.84. The van der Waals surface area contributed by atoms with Crippen LogP contribution in [-0.2, 0) is 0 Å². The molecule has 0 fully saturated rings. The molecule has 98 valence electrons. The molecule has 0 bridgehead atoms. The van der Waals surface area contributed by atoms with Crippen molar-refractivity contribution in [2.75, 3.05) is 11.1 Å². The predicted octanol–water partition coefficient (Wildman–Crippen LogP) is 3.78. The molecule has 0 saturated heterocycles. The molecule has 2 rings (SSSR count). The lowest BCUT2D eigenvalue weighted by molar-refractivity contribution is 0.0698. The fraction of sp³-hybridized carbons (Fsp3) is 0.0714. The second kappa shape index (κ2) is 5.32. The van der Waals surface area contributed by atoms with E-state index >= 15 is 0 Å². The Morgan fingerprint density at radius 1 is 1.21 bits per heavy atom. The van der Waals surface area contributed by atoms with Crippen molar-refractivity contribution in [2.24, 2.45) is 0 Å². The number of carboxylic acids is 1. The minimum absolute atomic E-state index is 0.109. The Hall–Kier alpha value is -2.01. The number of nitrogen functional groups attached to an aromatic ring is 1. The van der Waals surface area contributed by atoms with Crippen LogP contribution in [0.2, 0.25) is 0 Å². The number of hydrogen-bond acceptors (Lipinski definition) is 3. The maximum absolute atomic E-state index is 10.9. The summed E-state index contributed by atoms with van der Waals surface area (Å²) >= 11 is 3.44. The van der Waals surface area contributed by atoms with Gasteiger partial charge in [0.15, 0.2) is 0 Å². The van der Waals surface area contributed by atoms with Gasteiger partial charge in [0.1, 0.15) is 0 Å². The van der Waals surface area contributed by atoms with Crippen LogP contribution in [0.15, 0.2) is 40.9 Å². The highest BCUT2D eigenvalue weighted by Crippen LogP contribution is 2.25. The van der Waals surface area contributed by atoms with Gasteiger partial charge in [-0.15, -0.1) is 0 Å². The van der Waals surface area contributed by atoms with Gasteiger partial charge in [-0.1, -0.05) is 15.9 Å². The van der Waals surface area contributed by atoms with E-state index in [1.165, 1.54) is 6.07 Å². The average Bonchev–Trinajstić information content (AvgIpc) is 2.33. The molecular formula is C14H13BrN2O2. The molecule has 0 saturated carbocycles. The first-order valence-electron chi connectivity index (χ1n) is 5.63. The number of aryl methyl sites for hydroxylation is 1. The molecule has 0 aliphatic heterocycles. The van der Waals surface area contributed by atoms with Gasteiger partial charge in [-0.2, -0.15) is 0 Å². The topological polar surface area (TPSA) is 75.3 Å². The highest BCUT2D eigenvalue weighted by atomic mass is 79.9. The molecule has 0 unspecified atom stereocenters. The second-order valence-electron chi connectivity index (χ2n) is 4.20. The smallest absolute Gasteiger partial charge is 0.337 e. The Kier molecular flexibility index (Phi) is 3.76. The molecule has 2 aromatic carbocycles. The molecular weight excluding hydrogens is 308 g/mol. The number of anilines is 3. The van der Waals surface area contributed by atoms with Crippen LogP contribution in [0.1, 0.15) is 15.9 Å². The van der Waals surface area contributed by atoms with Gasteiger partial charge >= 0.3 is 5.97 Å². The third-order valence-electron chi connectivity index (χ3n) is 2.73. The maximum Gasteiger partial charge on any atom is 0.337 e. The number of aromatic carboxylic acids is 1. The summed E-state index contributed by atoms with van der Waals surface area (Å²) in [7, 11) is 0. The minimum Gasteiger partial charge on any atom is -0.478 e. The largest absolute Gasteiger partial charge is 0.478 e. The lowest BCUT2D eigenvalue weighted by Crippen LogP contribution is -2.03. The normalized spacial score (nSPS) is 10.2. The average molecular weight is 321 g/mol. The second-order valence-corrected chi connectivity index (χ2v) is 5.05. The van der Waals surface area contributed by atoms with Crippen LogP contribution in [0, 0.1) is 6.92 Å². The first-order chi connectivity index (χ1) is 8.97. The quantitative estimate of drug-likeness (QED) is 0.752. The molecule has 4 N–H and O–H groups in total. The molecule has 0 amide bonds. The first-order valence-corrected chi connectivity index (χ1v) is 6.42. The molecule has 0 heterocycles. The molecule has 0 atom stereocenters. The summed E-state index contributed by atoms with van der Waals surface area (Å²) in [6.45, 7) is 2.00. The number of carbonyl (C=O) groups is 1. The molecule has 0 aromatic heterocycles. The van der Waals surface area contributed by atoms with Gasteiger partial charge < -0.3 is 16.2 Å². The molecule has 0 aliphatic carbocycles. The van der Waals surface area contributed by atoms with E-state index in [-0.39, 0.29) is 11.3 Å². The summed E-state index contributed by atoms with van der Waals surface area (Å²) < 4.78 is 1.04. The summed E-state index contributed by atoms with van der Waals surface area (Å²) in [4.78, 5) is 10.9. The number of rotatable bonds is 3. The lowest BCUT2D eigenvalue weighted by atomic mass is 10.1. The number of nitrogens with one attached hydrogen (secondary N) is 1. The van der Waals surface area contributed by atoms with Crippen molar-refractivity contribution in [3.05, 3.63) is 52.0 Å². The summed E-state index contributed by atoms with van der Waals surface area (Å²) in [6, 6.07) is 10.7. The number of benzene rings is 2. The number of halogens is 1. The van der Waals surface area contributed by atoms with E-state index in [0.717, 1.165) is 21.4 Å². The van der Waals surface area contributed by atoms with Crippen molar-refractivity contribution in [1.82, 2.24) is 0 Å². The van der Waals surface area contributed by atoms with Crippen LogP contribution >= 0.6 is 15.9 Å². The van der Waals surface area contributed by atoms with Crippen molar-refractivity contribution in [2.45, 2.75) is 6.92 Å². The molecule has 5 heteroatoms. The van der Waals surface area contributed by atoms with Gasteiger partial charge in [0, 0.05) is 21.5 Å². The third-order valence-corrected chi connectivity index (χ3v) is 3.62. The summed E-state index contributed by atoms with van der Waals surface area (Å²) in [5.74, 6) is -1.02. The Morgan fingerprint density at radius 2 is 1.84 bits per heavy atom. The molecule has 0 spiro atoms. The summed E-state index contributed by atoms with van der Waals surface area (Å²) in [5, 5.41) is 12.1. The standard InChI is InChI=1S/C14H13BrN2O2/c1-8-6-9(3-5-12(8)15)17-10-2-4-11(14(18)19)13(16)7-10/h2-7,17H,16H2,1H3,(H,18,19). The first kappa shape index (κ1) is 13.4. The molecule has 0 radical (unpaired) electrons. The third kappa shape index (κ3) is 3.06. The van der Waals surface area contributed by atoms with E-state index in [1.807, 2.05) is 25.1 Å². The zero-order valence-corrected chi connectivity index (χ0v) is 11.9. The molecule has 4 nitrogen and oxygen atoms in total. The van der Waals surface area contributed by atoms with E-state index in [1.54, 1.807) is 12.1 Å². The fourth-order valence-electron chi connectivity index (χ4n) is 1.72. The predicted molar refractivity (Wildman–Crippen MR) is 80.0 cm³/mol. The summed E-state index contributed by atoms with van der Waals surface area (Å²) in [6.07, 6.45) is 0. The van der Waals surface area contributed by atoms with Crippen molar-refractivity contribution in [3.8, 4) is 0 Å². The van der Waals surface area contributed by atoms with Crippen molar-refractivity contribution in [3.63, 3.8) is 0 Å². The SMILES string of the molecule is Cc1cc(Nc2ccc(C(=O)O)c(N)c2)ccc1Br. The van der Waals surface area contributed by atoms with Crippen LogP contribution in [0.3, 0.4) is 0 Å². The van der Waals surface area contributed by atoms with E-state index in [4.69, 9.17) is 10.8 Å². The Bertz CT molecular complexity index is 641. The van der Waals surface area contributed by atoms with Gasteiger partial charge in [0.2, 0.25) is 0 Å².